The van der Waals surface area contributed by atoms with E-state index in [0.717, 1.165) is 12.3 Å². The molecule has 9 heteroatoms. The first kappa shape index (κ1) is 15.0. The zero-order valence-electron chi connectivity index (χ0n) is 11.0. The molecule has 112 valence electrons. The van der Waals surface area contributed by atoms with Crippen LogP contribution in [0.15, 0.2) is 35.4 Å². The van der Waals surface area contributed by atoms with Crippen molar-refractivity contribution in [1.82, 2.24) is 10.4 Å². The molecule has 21 heavy (non-hydrogen) atoms. The second kappa shape index (κ2) is 5.54. The molecule has 1 heterocycles. The van der Waals surface area contributed by atoms with Crippen LogP contribution in [0.5, 0.6) is 0 Å². The fourth-order valence-electron chi connectivity index (χ4n) is 1.65. The number of nitrogens with one attached hydrogen (secondary N) is 3. The quantitative estimate of drug-likeness (QED) is 0.380. The van der Waals surface area contributed by atoms with Crippen LogP contribution in [0.2, 0.25) is 0 Å². The Hall–Kier alpha value is -2.39. The van der Waals surface area contributed by atoms with Gasteiger partial charge >= 0.3 is 0 Å². The first-order valence-electron chi connectivity index (χ1n) is 5.82. The number of hydrogen-bond donors (Lipinski definition) is 4. The Morgan fingerprint density at radius 2 is 2.05 bits per heavy atom. The summed E-state index contributed by atoms with van der Waals surface area (Å²) in [5, 5.41) is 0. The number of aromatic nitrogens is 1. The van der Waals surface area contributed by atoms with Gasteiger partial charge in [-0.3, -0.25) is 14.9 Å². The maximum Gasteiger partial charge on any atom is 0.281 e. The third kappa shape index (κ3) is 3.20. The van der Waals surface area contributed by atoms with E-state index in [4.69, 9.17) is 5.84 Å². The van der Waals surface area contributed by atoms with Crippen LogP contribution in [-0.4, -0.2) is 19.3 Å². The van der Waals surface area contributed by atoms with Crippen LogP contribution in [0.1, 0.15) is 16.1 Å². The third-order valence-corrected chi connectivity index (χ3v) is 4.06. The lowest BCUT2D eigenvalue weighted by Gasteiger charge is -2.07. The minimum atomic E-state index is -4.01. The number of carbonyl (C=O) groups is 1. The third-order valence-electron chi connectivity index (χ3n) is 2.71. The van der Waals surface area contributed by atoms with E-state index in [1.807, 2.05) is 5.43 Å². The Kier molecular flexibility index (Phi) is 3.96. The number of nitrogens with two attached hydrogens (primary N) is 1. The van der Waals surface area contributed by atoms with E-state index < -0.39 is 21.7 Å². The van der Waals surface area contributed by atoms with Gasteiger partial charge in [0.1, 0.15) is 16.4 Å². The number of hydrazine groups is 1. The molecular formula is C12H13FN4O3S. The first-order valence-corrected chi connectivity index (χ1v) is 7.30. The SMILES string of the molecule is Cc1ccc(NS(=O)(=O)c2c[nH]c(C(=O)NN)c2)c(F)c1. The van der Waals surface area contributed by atoms with Gasteiger partial charge in [0, 0.05) is 6.20 Å². The molecule has 5 N–H and O–H groups in total. The number of aryl methyl sites for hydroxylation is 1. The molecule has 0 saturated heterocycles. The molecule has 7 nitrogen and oxygen atoms in total. The van der Waals surface area contributed by atoms with Crippen molar-refractivity contribution >= 4 is 21.6 Å². The Morgan fingerprint density at radius 3 is 2.67 bits per heavy atom. The fourth-order valence-corrected chi connectivity index (χ4v) is 2.71. The van der Waals surface area contributed by atoms with Crippen LogP contribution in [0.25, 0.3) is 0 Å². The highest BCUT2D eigenvalue weighted by Gasteiger charge is 2.19. The zero-order chi connectivity index (χ0) is 15.6. The van der Waals surface area contributed by atoms with Crippen molar-refractivity contribution in [3.8, 4) is 0 Å². The van der Waals surface area contributed by atoms with Crippen molar-refractivity contribution in [2.45, 2.75) is 11.8 Å². The maximum absolute atomic E-state index is 13.7. The highest BCUT2D eigenvalue weighted by molar-refractivity contribution is 7.92. The van der Waals surface area contributed by atoms with Crippen molar-refractivity contribution in [2.24, 2.45) is 5.84 Å². The lowest BCUT2D eigenvalue weighted by Crippen LogP contribution is -2.30. The largest absolute Gasteiger partial charge is 0.356 e. The number of amides is 1. The Labute approximate surface area is 120 Å². The molecule has 0 aliphatic heterocycles. The Balaban J connectivity index is 2.30. The summed E-state index contributed by atoms with van der Waals surface area (Å²) in [7, 11) is -4.01. The number of benzene rings is 1. The summed E-state index contributed by atoms with van der Waals surface area (Å²) >= 11 is 0. The van der Waals surface area contributed by atoms with Crippen molar-refractivity contribution in [1.29, 1.82) is 0 Å². The minimum absolute atomic E-state index is 0.0257. The van der Waals surface area contributed by atoms with E-state index >= 15 is 0 Å². The van der Waals surface area contributed by atoms with Crippen LogP contribution >= 0.6 is 0 Å². The summed E-state index contributed by atoms with van der Waals surface area (Å²) in [6, 6.07) is 5.20. The van der Waals surface area contributed by atoms with Gasteiger partial charge in [-0.2, -0.15) is 0 Å². The summed E-state index contributed by atoms with van der Waals surface area (Å²) in [4.78, 5) is 13.5. The van der Waals surface area contributed by atoms with Crippen LogP contribution in [0.3, 0.4) is 0 Å². The number of sulfonamides is 1. The molecule has 0 bridgehead atoms. The molecular weight excluding hydrogens is 299 g/mol. The topological polar surface area (TPSA) is 117 Å². The zero-order valence-corrected chi connectivity index (χ0v) is 11.8. The van der Waals surface area contributed by atoms with E-state index in [0.29, 0.717) is 5.56 Å². The number of nitrogen functional groups attached to an aromatic ring is 1. The number of rotatable bonds is 4. The van der Waals surface area contributed by atoms with E-state index in [2.05, 4.69) is 9.71 Å². The highest BCUT2D eigenvalue weighted by atomic mass is 32.2. The Morgan fingerprint density at radius 1 is 1.33 bits per heavy atom. The van der Waals surface area contributed by atoms with Gasteiger partial charge in [0.2, 0.25) is 0 Å². The number of aromatic amines is 1. The smallest absolute Gasteiger partial charge is 0.281 e. The number of carbonyl (C=O) groups excluding carboxylic acids is 1. The molecule has 0 saturated carbocycles. The van der Waals surface area contributed by atoms with E-state index in [-0.39, 0.29) is 16.3 Å². The second-order valence-electron chi connectivity index (χ2n) is 4.31. The van der Waals surface area contributed by atoms with Gasteiger partial charge in [0.25, 0.3) is 15.9 Å². The fraction of sp³-hybridized carbons (Fsp3) is 0.0833. The average Bonchev–Trinajstić information content (AvgIpc) is 2.91. The summed E-state index contributed by atoms with van der Waals surface area (Å²) < 4.78 is 40.0. The Bertz CT molecular complexity index is 786. The molecule has 1 aromatic carbocycles. The molecule has 2 aromatic rings. The number of H-pyrrole nitrogens is 1. The van der Waals surface area contributed by atoms with Gasteiger partial charge < -0.3 is 4.98 Å². The van der Waals surface area contributed by atoms with Crippen molar-refractivity contribution in [3.05, 3.63) is 47.5 Å². The van der Waals surface area contributed by atoms with Crippen LogP contribution in [-0.2, 0) is 10.0 Å². The molecule has 0 fully saturated rings. The monoisotopic (exact) mass is 312 g/mol. The first-order chi connectivity index (χ1) is 9.83. The van der Waals surface area contributed by atoms with Crippen molar-refractivity contribution in [2.75, 3.05) is 4.72 Å². The average molecular weight is 312 g/mol. The van der Waals surface area contributed by atoms with Crippen molar-refractivity contribution in [3.63, 3.8) is 0 Å². The van der Waals surface area contributed by atoms with Crippen molar-refractivity contribution < 1.29 is 17.6 Å². The van der Waals surface area contributed by atoms with E-state index in [9.17, 15) is 17.6 Å². The predicted octanol–water partition coefficient (Wildman–Crippen LogP) is 0.867. The van der Waals surface area contributed by atoms with Crippen LogP contribution in [0.4, 0.5) is 10.1 Å². The molecule has 0 atom stereocenters. The van der Waals surface area contributed by atoms with Gasteiger partial charge in [-0.1, -0.05) is 6.07 Å². The summed E-state index contributed by atoms with van der Waals surface area (Å²) in [5.74, 6) is 3.59. The van der Waals surface area contributed by atoms with Gasteiger partial charge in [-0.25, -0.2) is 18.7 Å². The van der Waals surface area contributed by atoms with Gasteiger partial charge in [0.05, 0.1) is 5.69 Å². The lowest BCUT2D eigenvalue weighted by atomic mass is 10.2. The molecule has 1 amide bonds. The molecule has 0 radical (unpaired) electrons. The van der Waals surface area contributed by atoms with Crippen LogP contribution < -0.4 is 16.0 Å². The van der Waals surface area contributed by atoms with E-state index in [1.54, 1.807) is 13.0 Å². The summed E-state index contributed by atoms with van der Waals surface area (Å²) in [6.45, 7) is 1.69. The van der Waals surface area contributed by atoms with Gasteiger partial charge in [-0.15, -0.1) is 0 Å². The predicted molar refractivity (Wildman–Crippen MR) is 74.4 cm³/mol. The number of halogens is 1. The second-order valence-corrected chi connectivity index (χ2v) is 5.99. The maximum atomic E-state index is 13.7. The molecule has 1 aromatic heterocycles. The molecule has 0 unspecified atom stereocenters. The van der Waals surface area contributed by atoms with Crippen LogP contribution in [0, 0.1) is 12.7 Å². The standard InChI is InChI=1S/C12H13FN4O3S/c1-7-2-3-10(9(13)4-7)17-21(19,20)8-5-11(15-6-8)12(18)16-14/h2-6,15,17H,14H2,1H3,(H,16,18). The molecule has 0 aliphatic carbocycles. The lowest BCUT2D eigenvalue weighted by molar-refractivity contribution is 0.0949. The summed E-state index contributed by atoms with van der Waals surface area (Å²) in [5.41, 5.74) is 2.33. The highest BCUT2D eigenvalue weighted by Crippen LogP contribution is 2.20. The number of anilines is 1. The summed E-state index contributed by atoms with van der Waals surface area (Å²) in [6.07, 6.45) is 1.11. The van der Waals surface area contributed by atoms with Gasteiger partial charge in [0.15, 0.2) is 0 Å². The molecule has 0 spiro atoms. The minimum Gasteiger partial charge on any atom is -0.356 e. The van der Waals surface area contributed by atoms with E-state index in [1.165, 1.54) is 12.1 Å². The van der Waals surface area contributed by atoms with Gasteiger partial charge in [-0.05, 0) is 30.7 Å². The number of hydrogen-bond acceptors (Lipinski definition) is 4. The molecule has 0 aliphatic rings. The molecule has 2 rings (SSSR count). The normalized spacial score (nSPS) is 11.2.